The van der Waals surface area contributed by atoms with Crippen LogP contribution in [0, 0.1) is 13.5 Å². The third-order valence-electron chi connectivity index (χ3n) is 3.95. The van der Waals surface area contributed by atoms with Gasteiger partial charge in [-0.05, 0) is 37.6 Å². The number of hydrogen-bond donors (Lipinski definition) is 2. The number of hydrogen-bond acceptors (Lipinski definition) is 5. The minimum absolute atomic E-state index is 0.222. The molecule has 26 heavy (non-hydrogen) atoms. The Bertz CT molecular complexity index is 996. The molecule has 7 heteroatoms. The van der Waals surface area contributed by atoms with Crippen LogP contribution >= 0.6 is 11.6 Å². The summed E-state index contributed by atoms with van der Waals surface area (Å²) in [6, 6.07) is 9.78. The molecule has 0 aliphatic heterocycles. The predicted octanol–water partition coefficient (Wildman–Crippen LogP) is 4.78. The average molecular weight is 370 g/mol. The number of nitrogens with one attached hydrogen (secondary N) is 1. The molecule has 2 N–H and O–H groups in total. The van der Waals surface area contributed by atoms with Crippen LogP contribution in [0.15, 0.2) is 46.9 Å². The minimum Gasteiger partial charge on any atom is -0.418 e. The molecule has 0 radical (unpaired) electrons. The van der Waals surface area contributed by atoms with E-state index >= 15 is 0 Å². The van der Waals surface area contributed by atoms with E-state index in [1.807, 2.05) is 0 Å². The number of aliphatic hydroxyl groups excluding tert-OH is 1. The molecule has 0 spiro atoms. The zero-order valence-electron chi connectivity index (χ0n) is 15.2. The smallest absolute Gasteiger partial charge is 0.247 e. The second-order valence-corrected chi connectivity index (χ2v) is 6.16. The van der Waals surface area contributed by atoms with Gasteiger partial charge in [0.05, 0.1) is 19.1 Å². The number of aromatic nitrogens is 2. The molecule has 3 rings (SSSR count). The number of anilines is 1. The molecule has 0 fully saturated rings. The predicted molar refractivity (Wildman–Crippen MR) is 100 cm³/mol. The lowest BCUT2D eigenvalue weighted by Gasteiger charge is -2.21. The highest BCUT2D eigenvalue weighted by atomic mass is 35.5. The Morgan fingerprint density at radius 2 is 2.04 bits per heavy atom. The third kappa shape index (κ3) is 3.54. The van der Waals surface area contributed by atoms with Crippen LogP contribution in [0.4, 0.5) is 11.4 Å². The molecule has 1 heterocycles. The van der Waals surface area contributed by atoms with Crippen LogP contribution in [-0.4, -0.2) is 21.4 Å². The van der Waals surface area contributed by atoms with Gasteiger partial charge in [-0.2, -0.15) is 0 Å². The van der Waals surface area contributed by atoms with Crippen molar-refractivity contribution in [3.05, 3.63) is 70.3 Å². The second kappa shape index (κ2) is 7.56. The largest absolute Gasteiger partial charge is 0.418 e. The van der Waals surface area contributed by atoms with E-state index < -0.39 is 12.1 Å². The Hall–Kier alpha value is -2.88. The molecule has 0 saturated carbocycles. The van der Waals surface area contributed by atoms with Crippen molar-refractivity contribution in [1.29, 1.82) is 0 Å². The van der Waals surface area contributed by atoms with E-state index in [1.54, 1.807) is 50.2 Å². The van der Waals surface area contributed by atoms with E-state index in [2.05, 4.69) is 20.4 Å². The number of rotatable bonds is 5. The van der Waals surface area contributed by atoms with Gasteiger partial charge >= 0.3 is 0 Å². The summed E-state index contributed by atoms with van der Waals surface area (Å²) < 4.78 is 13.3. The van der Waals surface area contributed by atoms with Crippen molar-refractivity contribution in [3.8, 4) is 11.5 Å². The van der Waals surface area contributed by atoms with Crippen molar-refractivity contribution in [1.82, 2.24) is 10.2 Å². The minimum atomic E-state index is -0.826. The van der Waals surface area contributed by atoms with E-state index in [0.29, 0.717) is 39.5 Å². The number of nitrogens with zero attached hydrogens (tertiary/aromatic N) is 3. The fourth-order valence-electron chi connectivity index (χ4n) is 2.48. The Morgan fingerprint density at radius 1 is 1.31 bits per heavy atom. The lowest BCUT2D eigenvalue weighted by molar-refractivity contribution is 0.159. The first-order valence-electron chi connectivity index (χ1n) is 8.42. The fourth-order valence-corrected chi connectivity index (χ4v) is 2.68. The highest BCUT2D eigenvalue weighted by molar-refractivity contribution is 6.34. The van der Waals surface area contributed by atoms with Crippen LogP contribution < -0.4 is 5.32 Å². The van der Waals surface area contributed by atoms with E-state index in [9.17, 15) is 5.11 Å². The van der Waals surface area contributed by atoms with Crippen molar-refractivity contribution < 1.29 is 10.9 Å². The van der Waals surface area contributed by atoms with Gasteiger partial charge in [-0.3, -0.25) is 0 Å². The van der Waals surface area contributed by atoms with E-state index in [1.165, 1.54) is 0 Å². The van der Waals surface area contributed by atoms with Gasteiger partial charge in [-0.15, -0.1) is 10.2 Å². The maximum atomic E-state index is 10.2. The van der Waals surface area contributed by atoms with Crippen LogP contribution in [0.1, 0.15) is 25.8 Å². The van der Waals surface area contributed by atoms with Crippen LogP contribution in [0.3, 0.4) is 0 Å². The second-order valence-electron chi connectivity index (χ2n) is 5.78. The van der Waals surface area contributed by atoms with Crippen molar-refractivity contribution in [2.24, 2.45) is 0 Å². The van der Waals surface area contributed by atoms with Gasteiger partial charge in [-0.25, -0.2) is 4.85 Å². The lowest BCUT2D eigenvalue weighted by atomic mass is 10.1. The van der Waals surface area contributed by atoms with E-state index in [4.69, 9.17) is 24.0 Å². The van der Waals surface area contributed by atoms with Crippen LogP contribution in [0.2, 0.25) is 5.02 Å². The molecular formula is C19H17ClN4O2. The first-order chi connectivity index (χ1) is 12.9. The molecule has 0 aliphatic rings. The summed E-state index contributed by atoms with van der Waals surface area (Å²) in [7, 11) is 0. The quantitative estimate of drug-likeness (QED) is 0.633. The van der Waals surface area contributed by atoms with Gasteiger partial charge in [0.2, 0.25) is 17.5 Å². The number of aliphatic hydroxyl groups is 1. The summed E-state index contributed by atoms with van der Waals surface area (Å²) in [5.41, 5.74) is 2.42. The van der Waals surface area contributed by atoms with Crippen molar-refractivity contribution >= 4 is 23.0 Å². The molecule has 6 nitrogen and oxygen atoms in total. The third-order valence-corrected chi connectivity index (χ3v) is 4.43. The topological polar surface area (TPSA) is 75.5 Å². The Labute approximate surface area is 157 Å². The molecule has 3 aromatic rings. The molecule has 0 aliphatic carbocycles. The maximum Gasteiger partial charge on any atom is 0.247 e. The van der Waals surface area contributed by atoms with Gasteiger partial charge in [0, 0.05) is 11.3 Å². The Kier molecular flexibility index (Phi) is 4.82. The van der Waals surface area contributed by atoms with E-state index in [-0.39, 0.29) is 5.89 Å². The Balaban J connectivity index is 1.90. The van der Waals surface area contributed by atoms with Crippen LogP contribution in [-0.2, 0) is 0 Å². The molecule has 2 aromatic carbocycles. The summed E-state index contributed by atoms with van der Waals surface area (Å²) in [5.74, 6) is 0.523. The first-order valence-corrected chi connectivity index (χ1v) is 8.30. The van der Waals surface area contributed by atoms with E-state index in [0.717, 1.165) is 0 Å². The van der Waals surface area contributed by atoms with Gasteiger partial charge in [0.15, 0.2) is 0 Å². The van der Waals surface area contributed by atoms with Crippen molar-refractivity contribution in [2.75, 3.05) is 5.32 Å². The normalized spacial score (nSPS) is 13.6. The van der Waals surface area contributed by atoms with Crippen molar-refractivity contribution in [2.45, 2.75) is 26.0 Å². The Morgan fingerprint density at radius 3 is 2.69 bits per heavy atom. The maximum absolute atomic E-state index is 10.2. The molecule has 0 amide bonds. The van der Waals surface area contributed by atoms with Crippen LogP contribution in [0.25, 0.3) is 16.3 Å². The standard InChI is InChI=1S/C19H17ClN4O2/c1-11-14(9-10-15(21-3)16(11)20)22-17(12(2)25)19-24-23-18(26-19)13-7-5-4-6-8-13/h4-10,12,17,22,25H,1-2H3/t12-,17+/m0/s1/i4D. The van der Waals surface area contributed by atoms with Crippen molar-refractivity contribution in [3.63, 3.8) is 0 Å². The zero-order valence-corrected chi connectivity index (χ0v) is 14.9. The highest BCUT2D eigenvalue weighted by Gasteiger charge is 2.25. The van der Waals surface area contributed by atoms with Crippen LogP contribution in [0.5, 0.6) is 0 Å². The average Bonchev–Trinajstić information content (AvgIpc) is 3.13. The zero-order chi connectivity index (χ0) is 19.6. The molecule has 0 unspecified atom stereocenters. The summed E-state index contributed by atoms with van der Waals surface area (Å²) >= 11 is 6.22. The summed E-state index contributed by atoms with van der Waals surface area (Å²) in [4.78, 5) is 3.37. The van der Waals surface area contributed by atoms with Gasteiger partial charge in [0.1, 0.15) is 6.04 Å². The van der Waals surface area contributed by atoms with Gasteiger partial charge < -0.3 is 14.8 Å². The molecule has 0 saturated heterocycles. The SMILES string of the molecule is [2H]c1ccc(-c2nnc([C@H](Nc3ccc([N+]#[C-])c(Cl)c3C)[C@H](C)O)o2)cc1. The summed E-state index contributed by atoms with van der Waals surface area (Å²) in [6.45, 7) is 10.5. The lowest BCUT2D eigenvalue weighted by Crippen LogP contribution is -2.23. The van der Waals surface area contributed by atoms with Gasteiger partial charge in [-0.1, -0.05) is 35.8 Å². The molecule has 2 atom stereocenters. The highest BCUT2D eigenvalue weighted by Crippen LogP contribution is 2.35. The first kappa shape index (κ1) is 16.6. The molecular weight excluding hydrogens is 352 g/mol. The number of benzene rings is 2. The monoisotopic (exact) mass is 369 g/mol. The molecule has 0 bridgehead atoms. The fraction of sp³-hybridized carbons (Fsp3) is 0.211. The number of halogens is 1. The summed E-state index contributed by atoms with van der Waals surface area (Å²) in [5, 5.41) is 21.8. The molecule has 1 aromatic heterocycles. The van der Waals surface area contributed by atoms with Gasteiger partial charge in [0.25, 0.3) is 0 Å². The summed E-state index contributed by atoms with van der Waals surface area (Å²) in [6.07, 6.45) is -0.826. The molecule has 132 valence electrons.